The van der Waals surface area contributed by atoms with Gasteiger partial charge in [0.05, 0.1) is 27.8 Å². The number of para-hydroxylation sites is 1. The van der Waals surface area contributed by atoms with Crippen LogP contribution >= 0.6 is 0 Å². The Morgan fingerprint density at radius 2 is 0.632 bits per heavy atom. The summed E-state index contributed by atoms with van der Waals surface area (Å²) in [6.07, 6.45) is 0. The number of benzene rings is 11. The maximum absolute atomic E-state index is 2.48. The summed E-state index contributed by atoms with van der Waals surface area (Å²) < 4.78 is 4.91. The van der Waals surface area contributed by atoms with Crippen LogP contribution < -0.4 is 0 Å². The van der Waals surface area contributed by atoms with Gasteiger partial charge >= 0.3 is 0 Å². The Kier molecular flexibility index (Phi) is 9.54. The fourth-order valence-corrected chi connectivity index (χ4v) is 10.5. The molecular formula is C66H44N2. The van der Waals surface area contributed by atoms with E-state index in [1.54, 1.807) is 0 Å². The molecule has 0 aliphatic rings. The number of fused-ring (bicyclic) bond motifs is 6. The van der Waals surface area contributed by atoms with Gasteiger partial charge in [-0.1, -0.05) is 206 Å². The van der Waals surface area contributed by atoms with Crippen LogP contribution in [0, 0.1) is 0 Å². The van der Waals surface area contributed by atoms with Gasteiger partial charge in [-0.2, -0.15) is 0 Å². The molecule has 0 N–H and O–H groups in total. The third-order valence-electron chi connectivity index (χ3n) is 13.7. The molecular weight excluding hydrogens is 821 g/mol. The first-order valence-corrected chi connectivity index (χ1v) is 23.4. The summed E-state index contributed by atoms with van der Waals surface area (Å²) in [7, 11) is 0. The van der Waals surface area contributed by atoms with Crippen LogP contribution in [0.25, 0.3) is 122 Å². The number of rotatable bonds is 8. The van der Waals surface area contributed by atoms with E-state index in [9.17, 15) is 0 Å². The molecule has 2 nitrogen and oxygen atoms in total. The van der Waals surface area contributed by atoms with Crippen molar-refractivity contribution in [3.8, 4) is 78.1 Å². The van der Waals surface area contributed by atoms with Gasteiger partial charge in [-0.15, -0.1) is 0 Å². The first-order valence-electron chi connectivity index (χ1n) is 23.4. The normalized spacial score (nSPS) is 11.5. The molecule has 11 aromatic carbocycles. The zero-order valence-electron chi connectivity index (χ0n) is 37.3. The lowest BCUT2D eigenvalue weighted by molar-refractivity contribution is 1.18. The van der Waals surface area contributed by atoms with Gasteiger partial charge in [-0.05, 0) is 122 Å². The van der Waals surface area contributed by atoms with Crippen LogP contribution in [-0.2, 0) is 0 Å². The standard InChI is InChI=1S/C66H44N2/c1-5-17-45(18-6-1)47-31-36-55(37-32-47)67-63-40-35-53(43-60(63)66-57(28-16-30-64(66)67)49-23-11-4-12-24-49)52-34-39-62-59(42-52)58-27-13-14-29-61(58)68(62)65-44-54(33-38-56(65)48-21-9-3-10-22-48)51-26-15-25-50(41-51)46-19-7-2-8-20-46/h1-44H. The van der Waals surface area contributed by atoms with E-state index in [0.29, 0.717) is 0 Å². The lowest BCUT2D eigenvalue weighted by Gasteiger charge is -2.17. The van der Waals surface area contributed by atoms with Gasteiger partial charge in [0.1, 0.15) is 0 Å². The van der Waals surface area contributed by atoms with E-state index in [1.165, 1.54) is 110 Å². The first-order chi connectivity index (χ1) is 33.7. The van der Waals surface area contributed by atoms with Crippen molar-refractivity contribution in [1.82, 2.24) is 9.13 Å². The van der Waals surface area contributed by atoms with Gasteiger partial charge < -0.3 is 9.13 Å². The Labute approximate surface area is 395 Å². The van der Waals surface area contributed by atoms with Gasteiger partial charge in [0.2, 0.25) is 0 Å². The summed E-state index contributed by atoms with van der Waals surface area (Å²) in [4.78, 5) is 0. The van der Waals surface area contributed by atoms with Crippen LogP contribution in [0.15, 0.2) is 267 Å². The number of hydrogen-bond acceptors (Lipinski definition) is 0. The van der Waals surface area contributed by atoms with Crippen molar-refractivity contribution in [1.29, 1.82) is 0 Å². The van der Waals surface area contributed by atoms with Gasteiger partial charge in [-0.25, -0.2) is 0 Å². The van der Waals surface area contributed by atoms with Crippen molar-refractivity contribution in [2.45, 2.75) is 0 Å². The molecule has 0 atom stereocenters. The third-order valence-corrected chi connectivity index (χ3v) is 13.7. The minimum Gasteiger partial charge on any atom is -0.309 e. The lowest BCUT2D eigenvalue weighted by atomic mass is 9.95. The highest BCUT2D eigenvalue weighted by atomic mass is 15.0. The van der Waals surface area contributed by atoms with Crippen molar-refractivity contribution in [2.75, 3.05) is 0 Å². The monoisotopic (exact) mass is 864 g/mol. The summed E-state index contributed by atoms with van der Waals surface area (Å²) in [6, 6.07) is 97.4. The summed E-state index contributed by atoms with van der Waals surface area (Å²) in [6.45, 7) is 0. The van der Waals surface area contributed by atoms with E-state index in [0.717, 1.165) is 11.4 Å². The van der Waals surface area contributed by atoms with Crippen LogP contribution in [0.1, 0.15) is 0 Å². The van der Waals surface area contributed by atoms with Crippen LogP contribution in [0.2, 0.25) is 0 Å². The fourth-order valence-electron chi connectivity index (χ4n) is 10.5. The molecule has 68 heavy (non-hydrogen) atoms. The Morgan fingerprint density at radius 3 is 1.31 bits per heavy atom. The number of nitrogens with zero attached hydrogens (tertiary/aromatic N) is 2. The molecule has 0 saturated heterocycles. The van der Waals surface area contributed by atoms with E-state index in [2.05, 4.69) is 276 Å². The van der Waals surface area contributed by atoms with Crippen molar-refractivity contribution in [3.63, 3.8) is 0 Å². The van der Waals surface area contributed by atoms with E-state index < -0.39 is 0 Å². The second kappa shape index (κ2) is 16.5. The number of hydrogen-bond donors (Lipinski definition) is 0. The first kappa shape index (κ1) is 39.4. The van der Waals surface area contributed by atoms with E-state index in [4.69, 9.17) is 0 Å². The fraction of sp³-hybridized carbons (Fsp3) is 0. The predicted molar refractivity (Wildman–Crippen MR) is 288 cm³/mol. The predicted octanol–water partition coefficient (Wildman–Crippen LogP) is 17.9. The van der Waals surface area contributed by atoms with Crippen LogP contribution in [0.5, 0.6) is 0 Å². The third kappa shape index (κ3) is 6.73. The molecule has 0 radical (unpaired) electrons. The molecule has 0 fully saturated rings. The van der Waals surface area contributed by atoms with E-state index in [-0.39, 0.29) is 0 Å². The van der Waals surface area contributed by atoms with Crippen LogP contribution in [-0.4, -0.2) is 9.13 Å². The zero-order valence-corrected chi connectivity index (χ0v) is 37.3. The second-order valence-corrected chi connectivity index (χ2v) is 17.7. The molecule has 13 aromatic rings. The maximum atomic E-state index is 2.48. The molecule has 0 aliphatic heterocycles. The molecule has 0 saturated carbocycles. The summed E-state index contributed by atoms with van der Waals surface area (Å²) in [5.74, 6) is 0. The molecule has 0 aliphatic carbocycles. The van der Waals surface area contributed by atoms with Crippen LogP contribution in [0.4, 0.5) is 0 Å². The Bertz CT molecular complexity index is 3980. The highest BCUT2D eigenvalue weighted by Gasteiger charge is 2.20. The largest absolute Gasteiger partial charge is 0.309 e. The highest BCUT2D eigenvalue weighted by molar-refractivity contribution is 6.17. The van der Waals surface area contributed by atoms with E-state index in [1.807, 2.05) is 0 Å². The molecule has 0 unspecified atom stereocenters. The number of aromatic nitrogens is 2. The van der Waals surface area contributed by atoms with Crippen molar-refractivity contribution in [2.24, 2.45) is 0 Å². The Morgan fingerprint density at radius 1 is 0.206 bits per heavy atom. The average Bonchev–Trinajstić information content (AvgIpc) is 3.94. The summed E-state index contributed by atoms with van der Waals surface area (Å²) >= 11 is 0. The minimum atomic E-state index is 1.14. The van der Waals surface area contributed by atoms with Gasteiger partial charge in [-0.3, -0.25) is 0 Å². The average molecular weight is 865 g/mol. The molecule has 13 rings (SSSR count). The molecule has 2 aromatic heterocycles. The zero-order chi connectivity index (χ0) is 45.0. The molecule has 0 amide bonds. The summed E-state index contributed by atoms with van der Waals surface area (Å²) in [5.41, 5.74) is 21.4. The molecule has 2 heteroatoms. The molecule has 0 spiro atoms. The quantitative estimate of drug-likeness (QED) is 0.144. The molecule has 2 heterocycles. The summed E-state index contributed by atoms with van der Waals surface area (Å²) in [5, 5.41) is 4.93. The van der Waals surface area contributed by atoms with Gasteiger partial charge in [0.25, 0.3) is 0 Å². The van der Waals surface area contributed by atoms with Crippen LogP contribution in [0.3, 0.4) is 0 Å². The van der Waals surface area contributed by atoms with Crippen molar-refractivity contribution in [3.05, 3.63) is 267 Å². The van der Waals surface area contributed by atoms with Gasteiger partial charge in [0.15, 0.2) is 0 Å². The van der Waals surface area contributed by atoms with Crippen molar-refractivity contribution >= 4 is 43.6 Å². The Balaban J connectivity index is 0.987. The SMILES string of the molecule is c1ccc(-c2ccc(-n3c4ccc(-c5ccc6c(c5)c5ccccc5n6-c5cc(-c6cccc(-c7ccccc7)c6)ccc5-c5ccccc5)cc4c4c(-c5ccccc5)cccc43)cc2)cc1. The Hall–Kier alpha value is -8.98. The lowest BCUT2D eigenvalue weighted by Crippen LogP contribution is -1.98. The molecule has 318 valence electrons. The van der Waals surface area contributed by atoms with E-state index >= 15 is 0 Å². The second-order valence-electron chi connectivity index (χ2n) is 17.7. The maximum Gasteiger partial charge on any atom is 0.0547 e. The highest BCUT2D eigenvalue weighted by Crippen LogP contribution is 2.43. The van der Waals surface area contributed by atoms with Gasteiger partial charge in [0, 0.05) is 32.8 Å². The topological polar surface area (TPSA) is 9.86 Å². The molecule has 0 bridgehead atoms. The minimum absolute atomic E-state index is 1.14. The van der Waals surface area contributed by atoms with Crippen molar-refractivity contribution < 1.29 is 0 Å². The smallest absolute Gasteiger partial charge is 0.0547 e.